The number of rotatable bonds is 23. The largest absolute Gasteiger partial charge is 0.364 e. The van der Waals surface area contributed by atoms with Crippen LogP contribution in [-0.2, 0) is 92.9 Å². The molecule has 0 saturated heterocycles. The van der Waals surface area contributed by atoms with E-state index in [1.54, 1.807) is 73.9 Å². The van der Waals surface area contributed by atoms with Crippen LogP contribution in [0.2, 0.25) is 0 Å². The molecule has 2 amide bonds. The van der Waals surface area contributed by atoms with Crippen LogP contribution in [0.1, 0.15) is 79.7 Å². The Morgan fingerprint density at radius 2 is 1.23 bits per heavy atom. The van der Waals surface area contributed by atoms with Gasteiger partial charge in [-0.2, -0.15) is 50.5 Å². The molecule has 0 spiro atoms. The maximum atomic E-state index is 13.6. The van der Waals surface area contributed by atoms with Crippen LogP contribution in [-0.4, -0.2) is 145 Å². The molecular formula is C56H59N7O22S8. The van der Waals surface area contributed by atoms with Crippen molar-refractivity contribution >= 4 is 143 Å². The number of primary sulfonamides is 1. The summed E-state index contributed by atoms with van der Waals surface area (Å²) in [6.07, 6.45) is 6.87. The maximum absolute atomic E-state index is 13.6. The summed E-state index contributed by atoms with van der Waals surface area (Å²) in [6.45, 7) is 6.24. The van der Waals surface area contributed by atoms with Gasteiger partial charge in [0.1, 0.15) is 9.79 Å². The second kappa shape index (κ2) is 25.2. The molecule has 1 unspecified atom stereocenters. The van der Waals surface area contributed by atoms with Crippen LogP contribution in [0.25, 0.3) is 37.3 Å². The quantitative estimate of drug-likeness (QED) is 0.0285. The first kappa shape index (κ1) is 70.1. The van der Waals surface area contributed by atoms with Crippen molar-refractivity contribution in [2.75, 3.05) is 40.9 Å². The lowest BCUT2D eigenvalue weighted by Gasteiger charge is -2.32. The zero-order chi connectivity index (χ0) is 68.6. The molecule has 0 fully saturated rings. The Morgan fingerprint density at radius 3 is 1.76 bits per heavy atom. The highest BCUT2D eigenvalue weighted by molar-refractivity contribution is 7.91. The summed E-state index contributed by atoms with van der Waals surface area (Å²) in [5, 5.41) is 10.1. The molecule has 5 aromatic carbocycles. The number of nitrogens with zero attached hydrogens (tertiary/aromatic N) is 4. The summed E-state index contributed by atoms with van der Waals surface area (Å²) >= 11 is 0.886. The Morgan fingerprint density at radius 1 is 0.656 bits per heavy atom. The first-order valence-corrected chi connectivity index (χ1v) is 38.8. The Hall–Kier alpha value is -7.21. The zero-order valence-corrected chi connectivity index (χ0v) is 55.7. The van der Waals surface area contributed by atoms with Crippen LogP contribution < -0.4 is 25.6 Å². The zero-order valence-electron chi connectivity index (χ0n) is 49.2. The summed E-state index contributed by atoms with van der Waals surface area (Å²) < 4.78 is 235. The van der Waals surface area contributed by atoms with Crippen LogP contribution in [0, 0.1) is 0 Å². The second-order valence-corrected chi connectivity index (χ2v) is 34.4. The SMILES string of the molecule is CC1(C)C(=CC=C(/C=C/C2N(CCCS(=O)(=O)O)c3ccc4c(S(=O)(=O)O)cc(S(=O)(=O)O)cc4c3C2(C)C)c2ccc(C(=O)NCCC(=O)NCc3ccc4sc(S(N)(=O)=O)nc4c3)cn2)N(CCCS(=O)(=O)O)c2ccc3c(S(=O)(=O)O)cc(S(=O)(=O)O)cc3c21. The summed E-state index contributed by atoms with van der Waals surface area (Å²) in [5.74, 6) is -2.60. The number of allylic oxidation sites excluding steroid dienone is 5. The van der Waals surface area contributed by atoms with Gasteiger partial charge in [0.15, 0.2) is 0 Å². The minimum Gasteiger partial charge on any atom is -0.364 e. The minimum atomic E-state index is -5.18. The Bertz CT molecular complexity index is 5230. The molecule has 0 radical (unpaired) electrons. The molecule has 498 valence electrons. The summed E-state index contributed by atoms with van der Waals surface area (Å²) in [5.41, 5.74) is 0.0523. The number of nitrogens with one attached hydrogen (secondary N) is 2. The Labute approximate surface area is 538 Å². The van der Waals surface area contributed by atoms with E-state index in [2.05, 4.69) is 20.6 Å². The summed E-state index contributed by atoms with van der Waals surface area (Å²) in [4.78, 5) is 35.0. The van der Waals surface area contributed by atoms with Crippen molar-refractivity contribution in [3.05, 3.63) is 143 Å². The molecule has 37 heteroatoms. The van der Waals surface area contributed by atoms with Crippen molar-refractivity contribution in [3.8, 4) is 0 Å². The number of hydrogen-bond acceptors (Lipinski definition) is 21. The van der Waals surface area contributed by atoms with Crippen molar-refractivity contribution in [3.63, 3.8) is 0 Å². The minimum absolute atomic E-state index is 0.00634. The number of pyridine rings is 1. The predicted molar refractivity (Wildman–Crippen MR) is 343 cm³/mol. The van der Waals surface area contributed by atoms with Gasteiger partial charge in [-0.3, -0.25) is 41.9 Å². The van der Waals surface area contributed by atoms with E-state index in [4.69, 9.17) is 5.14 Å². The lowest BCUT2D eigenvalue weighted by Crippen LogP contribution is -2.41. The average molecular weight is 1440 g/mol. The van der Waals surface area contributed by atoms with Gasteiger partial charge < -0.3 is 20.4 Å². The van der Waals surface area contributed by atoms with E-state index in [1.165, 1.54) is 48.7 Å². The molecule has 2 aromatic heterocycles. The Balaban J connectivity index is 1.14. The Kier molecular flexibility index (Phi) is 19.0. The third-order valence-corrected chi connectivity index (χ3v) is 23.1. The normalized spacial score (nSPS) is 16.8. The van der Waals surface area contributed by atoms with Crippen molar-refractivity contribution < 1.29 is 95.8 Å². The van der Waals surface area contributed by atoms with Gasteiger partial charge in [0.2, 0.25) is 10.2 Å². The molecule has 0 aliphatic carbocycles. The molecule has 2 aliphatic rings. The predicted octanol–water partition coefficient (Wildman–Crippen LogP) is 5.41. The summed E-state index contributed by atoms with van der Waals surface area (Å²) in [6, 6.07) is 15.4. The van der Waals surface area contributed by atoms with Gasteiger partial charge in [0, 0.05) is 77.5 Å². The molecule has 1 atom stereocenters. The van der Waals surface area contributed by atoms with Crippen LogP contribution in [0.4, 0.5) is 11.4 Å². The molecule has 0 saturated carbocycles. The number of benzene rings is 5. The molecule has 10 N–H and O–H groups in total. The van der Waals surface area contributed by atoms with Crippen molar-refractivity contribution in [2.24, 2.45) is 5.14 Å². The lowest BCUT2D eigenvalue weighted by molar-refractivity contribution is -0.121. The smallest absolute Gasteiger partial charge is 0.295 e. The number of hydrogen-bond donors (Lipinski definition) is 9. The van der Waals surface area contributed by atoms with Crippen molar-refractivity contribution in [1.29, 1.82) is 0 Å². The van der Waals surface area contributed by atoms with E-state index in [1.807, 2.05) is 0 Å². The first-order chi connectivity index (χ1) is 42.8. The highest BCUT2D eigenvalue weighted by Crippen LogP contribution is 2.53. The van der Waals surface area contributed by atoms with E-state index in [-0.39, 0.29) is 105 Å². The molecule has 7 aromatic rings. The second-order valence-electron chi connectivity index (χ2n) is 22.8. The molecule has 0 bridgehead atoms. The van der Waals surface area contributed by atoms with Gasteiger partial charge >= 0.3 is 0 Å². The molecule has 2 aliphatic heterocycles. The van der Waals surface area contributed by atoms with Crippen molar-refractivity contribution in [1.82, 2.24) is 20.6 Å². The molecule has 9 rings (SSSR count). The highest BCUT2D eigenvalue weighted by atomic mass is 32.3. The number of amides is 2. The topological polar surface area (TPSA) is 477 Å². The van der Waals surface area contributed by atoms with Crippen LogP contribution in [0.15, 0.2) is 139 Å². The van der Waals surface area contributed by atoms with Crippen LogP contribution in [0.5, 0.6) is 0 Å². The first-order valence-electron chi connectivity index (χ1n) is 27.5. The standard InChI is InChI=1S/C56H59N7O22S8/c1-55(2)48(62(21-5-23-87(66,67)68)43-14-11-37-39(51(43)55)26-35(90(74,75)76)28-46(37)92(80,81)82)17-9-33(41-13-8-34(31-59-41)53(65)58-20-19-50(64)60-30-32-7-16-45-42(25-32)61-54(86-45)89(57,72)73)10-18-49-56(3,4)52-40-27-36(91(77,78)79)29-47(93(83,84)85)38(40)12-15-44(52)63(49)22-6-24-88(69,70)71/h7-18,25-29,31,48H,5-6,19-24,30H2,1-4H3,(H,58,65)(H,60,64)(H2,57,72,73)(H,66,67,68)(H,69,70,71)(H,74,75,76)(H,77,78,79)(H,80,81,82)(H,83,84,85)/b17-9+,33-10?,49-18?. The van der Waals surface area contributed by atoms with Gasteiger partial charge in [0.05, 0.1) is 48.8 Å². The average Bonchev–Trinajstić information content (AvgIpc) is 1.61. The number of carbonyl (C=O) groups is 2. The number of aromatic nitrogens is 2. The third-order valence-electron chi connectivity index (χ3n) is 15.7. The fourth-order valence-corrected chi connectivity index (χ4v) is 17.0. The molecular weight excluding hydrogens is 1380 g/mol. The molecule has 93 heavy (non-hydrogen) atoms. The van der Waals surface area contributed by atoms with Gasteiger partial charge in [0.25, 0.3) is 76.6 Å². The number of thiazole rings is 1. The van der Waals surface area contributed by atoms with Gasteiger partial charge in [-0.05, 0) is 113 Å². The van der Waals surface area contributed by atoms with Crippen LogP contribution >= 0.6 is 11.3 Å². The lowest BCUT2D eigenvalue weighted by atomic mass is 9.78. The van der Waals surface area contributed by atoms with Crippen molar-refractivity contribution in [2.45, 2.75) is 94.3 Å². The summed E-state index contributed by atoms with van der Waals surface area (Å²) in [7, 11) is -33.8. The molecule has 29 nitrogen and oxygen atoms in total. The third kappa shape index (κ3) is 15.3. The monoisotopic (exact) mass is 1440 g/mol. The fraction of sp³-hybridized carbons (Fsp3) is 0.286. The number of nitrogens with two attached hydrogens (primary N) is 1. The van der Waals surface area contributed by atoms with Gasteiger partial charge in [-0.15, -0.1) is 11.3 Å². The molecule has 4 heterocycles. The van der Waals surface area contributed by atoms with Gasteiger partial charge in [-0.1, -0.05) is 64.1 Å². The highest BCUT2D eigenvalue weighted by Gasteiger charge is 2.46. The maximum Gasteiger partial charge on any atom is 0.295 e. The fourth-order valence-electron chi connectivity index (χ4n) is 11.7. The number of anilines is 2. The van der Waals surface area contributed by atoms with Gasteiger partial charge in [-0.25, -0.2) is 18.5 Å². The van der Waals surface area contributed by atoms with E-state index in [9.17, 15) is 95.8 Å². The van der Waals surface area contributed by atoms with E-state index in [0.29, 0.717) is 39.3 Å². The van der Waals surface area contributed by atoms with E-state index in [0.717, 1.165) is 23.5 Å². The van der Waals surface area contributed by atoms with E-state index >= 15 is 0 Å². The number of carbonyl (C=O) groups excluding carboxylic acids is 2. The van der Waals surface area contributed by atoms with Crippen LogP contribution in [0.3, 0.4) is 0 Å². The number of fused-ring (bicyclic) bond motifs is 7. The number of sulfonamides is 1. The van der Waals surface area contributed by atoms with E-state index < -0.39 is 131 Å².